The van der Waals surface area contributed by atoms with E-state index in [2.05, 4.69) is 31.1 Å². The topological polar surface area (TPSA) is 101 Å². The maximum atomic E-state index is 10.3. The summed E-state index contributed by atoms with van der Waals surface area (Å²) in [5, 5.41) is 16.1. The number of carboxylic acids is 2. The molecule has 0 aromatic heterocycles. The lowest BCUT2D eigenvalue weighted by molar-refractivity contribution is -0.139. The molecule has 0 fully saturated rings. The Bertz CT molecular complexity index is 443. The maximum Gasteiger partial charge on any atom is 0.331 e. The third-order valence-electron chi connectivity index (χ3n) is 1.58. The predicted molar refractivity (Wildman–Crippen MR) is 102 cm³/mol. The van der Waals surface area contributed by atoms with Crippen molar-refractivity contribution in [2.75, 3.05) is 6.61 Å². The van der Waals surface area contributed by atoms with Gasteiger partial charge >= 0.3 is 17.9 Å². The Morgan fingerprint density at radius 3 is 1.72 bits per heavy atom. The number of unbranched alkanes of at least 4 members (excludes halogenated alkanes) is 1. The molecule has 0 atom stereocenters. The van der Waals surface area contributed by atoms with E-state index in [-0.39, 0.29) is 16.0 Å². The number of carboxylic acid groups (broad SMARTS) is 2. The van der Waals surface area contributed by atoms with E-state index in [0.29, 0.717) is 6.61 Å². The lowest BCUT2D eigenvalue weighted by Gasteiger charge is -1.97. The second-order valence-corrected chi connectivity index (χ2v) is 5.11. The molecule has 0 amide bonds. The van der Waals surface area contributed by atoms with Crippen molar-refractivity contribution in [1.29, 1.82) is 0 Å². The summed E-state index contributed by atoms with van der Waals surface area (Å²) < 4.78 is 4.79. The van der Waals surface area contributed by atoms with Crippen molar-refractivity contribution in [3.8, 4) is 0 Å². The molecule has 0 saturated heterocycles. The average molecular weight is 418 g/mol. The van der Waals surface area contributed by atoms with Gasteiger partial charge in [0.05, 0.1) is 17.5 Å². The summed E-state index contributed by atoms with van der Waals surface area (Å²) in [6.07, 6.45) is 2.65. The van der Waals surface area contributed by atoms with Crippen LogP contribution in [-0.2, 0) is 19.1 Å². The third-order valence-corrected chi connectivity index (χ3v) is 1.58. The Morgan fingerprint density at radius 1 is 1.12 bits per heavy atom. The van der Waals surface area contributed by atoms with Gasteiger partial charge in [-0.15, -0.1) is 0 Å². The van der Waals surface area contributed by atoms with Crippen molar-refractivity contribution in [3.05, 3.63) is 48.0 Å². The minimum Gasteiger partial charge on any atom is -0.481 e. The first-order valence-electron chi connectivity index (χ1n) is 6.63. The minimum atomic E-state index is -1.27. The van der Waals surface area contributed by atoms with Crippen molar-refractivity contribution < 1.29 is 29.3 Å². The molecule has 0 aromatic rings. The maximum absolute atomic E-state index is 10.3. The first kappa shape index (κ1) is 31.1. The predicted octanol–water partition coefficient (Wildman–Crippen LogP) is 4.92. The number of esters is 1. The van der Waals surface area contributed by atoms with E-state index < -0.39 is 18.4 Å². The van der Waals surface area contributed by atoms with Gasteiger partial charge in [-0.1, -0.05) is 74.5 Å². The Morgan fingerprint density at radius 2 is 1.52 bits per heavy atom. The van der Waals surface area contributed by atoms with Crippen LogP contribution in [0.2, 0.25) is 0 Å². The summed E-state index contributed by atoms with van der Waals surface area (Å²) in [6, 6.07) is 0. The van der Waals surface area contributed by atoms with Crippen LogP contribution in [0.25, 0.3) is 0 Å². The van der Waals surface area contributed by atoms with E-state index in [0.717, 1.165) is 12.8 Å². The van der Waals surface area contributed by atoms with Gasteiger partial charge in [-0.3, -0.25) is 4.79 Å². The zero-order valence-electron chi connectivity index (χ0n) is 14.0. The number of carbonyl (C=O) groups excluding carboxylic acids is 1. The van der Waals surface area contributed by atoms with Gasteiger partial charge in [0.2, 0.25) is 0 Å². The van der Waals surface area contributed by atoms with Gasteiger partial charge in [0.15, 0.2) is 0 Å². The smallest absolute Gasteiger partial charge is 0.331 e. The SMILES string of the molecule is C=C(CC(=O)O)C(=O)O.C=C(Cl)Cl.C=CC(=O)OCCCC.C=CCl. The van der Waals surface area contributed by atoms with Gasteiger partial charge in [-0.2, -0.15) is 0 Å². The monoisotopic (exact) mass is 416 g/mol. The van der Waals surface area contributed by atoms with E-state index in [4.69, 9.17) is 45.0 Å². The highest BCUT2D eigenvalue weighted by atomic mass is 35.5. The van der Waals surface area contributed by atoms with E-state index in [9.17, 15) is 14.4 Å². The highest BCUT2D eigenvalue weighted by Crippen LogP contribution is 1.98. The first-order chi connectivity index (χ1) is 11.5. The second kappa shape index (κ2) is 24.5. The number of halogens is 3. The quantitative estimate of drug-likeness (QED) is 0.346. The lowest BCUT2D eigenvalue weighted by atomic mass is 10.2. The summed E-state index contributed by atoms with van der Waals surface area (Å²) in [7, 11) is 0. The van der Waals surface area contributed by atoms with Crippen LogP contribution in [0.1, 0.15) is 26.2 Å². The van der Waals surface area contributed by atoms with Crippen LogP contribution < -0.4 is 0 Å². The molecular weight excluding hydrogens is 395 g/mol. The summed E-state index contributed by atoms with van der Waals surface area (Å²) in [5.41, 5.74) is 0.919. The average Bonchev–Trinajstić information content (AvgIpc) is 2.47. The third kappa shape index (κ3) is 52.0. The molecule has 0 aromatic carbocycles. The largest absolute Gasteiger partial charge is 0.481 e. The fraction of sp³-hybridized carbons (Fsp3) is 0.312. The molecule has 0 rings (SSSR count). The van der Waals surface area contributed by atoms with Gasteiger partial charge in [-0.25, -0.2) is 9.59 Å². The van der Waals surface area contributed by atoms with Crippen LogP contribution in [0.4, 0.5) is 0 Å². The highest BCUT2D eigenvalue weighted by molar-refractivity contribution is 6.55. The lowest BCUT2D eigenvalue weighted by Crippen LogP contribution is -2.04. The molecule has 0 unspecified atom stereocenters. The van der Waals surface area contributed by atoms with Crippen molar-refractivity contribution in [2.24, 2.45) is 0 Å². The molecule has 0 aliphatic carbocycles. The van der Waals surface area contributed by atoms with Crippen molar-refractivity contribution in [2.45, 2.75) is 26.2 Å². The molecule has 0 heterocycles. The Labute approximate surface area is 163 Å². The van der Waals surface area contributed by atoms with E-state index in [1.165, 1.54) is 11.6 Å². The Kier molecular flexibility index (Phi) is 30.4. The second-order valence-electron chi connectivity index (χ2n) is 3.70. The molecule has 25 heavy (non-hydrogen) atoms. The molecule has 2 N–H and O–H groups in total. The number of rotatable bonds is 7. The molecule has 144 valence electrons. The van der Waals surface area contributed by atoms with Crippen molar-refractivity contribution in [1.82, 2.24) is 0 Å². The van der Waals surface area contributed by atoms with Crippen LogP contribution in [0.15, 0.2) is 48.0 Å². The fourth-order valence-electron chi connectivity index (χ4n) is 0.634. The molecule has 0 saturated carbocycles. The standard InChI is InChI=1S/C7H12O2.C5H6O4.C2H2Cl2.C2H3Cl/c1-3-5-6-9-7(8)4-2;1-3(5(8)9)2-4(6)7;1-2(3)4;1-2-3/h4H,2-3,5-6H2,1H3;1-2H2,(H,6,7)(H,8,9);1H2;2H,1H2. The first-order valence-corrected chi connectivity index (χ1v) is 7.82. The van der Waals surface area contributed by atoms with Crippen LogP contribution in [0.5, 0.6) is 0 Å². The van der Waals surface area contributed by atoms with Gasteiger partial charge in [0.1, 0.15) is 0 Å². The summed E-state index contributed by atoms with van der Waals surface area (Å²) in [6.45, 7) is 15.1. The molecule has 9 heteroatoms. The van der Waals surface area contributed by atoms with Gasteiger partial charge < -0.3 is 14.9 Å². The molecular formula is C16H23Cl3O6. The van der Waals surface area contributed by atoms with Gasteiger partial charge in [0, 0.05) is 11.6 Å². The van der Waals surface area contributed by atoms with Gasteiger partial charge in [0.25, 0.3) is 0 Å². The van der Waals surface area contributed by atoms with E-state index in [1.807, 2.05) is 6.92 Å². The molecule has 0 radical (unpaired) electrons. The highest BCUT2D eigenvalue weighted by Gasteiger charge is 2.07. The summed E-state index contributed by atoms with van der Waals surface area (Å²) in [4.78, 5) is 30.0. The van der Waals surface area contributed by atoms with Crippen LogP contribution >= 0.6 is 34.8 Å². The molecule has 0 aliphatic heterocycles. The molecule has 0 aliphatic rings. The van der Waals surface area contributed by atoms with Crippen LogP contribution in [-0.4, -0.2) is 34.7 Å². The number of hydrogen-bond donors (Lipinski definition) is 2. The normalized spacial score (nSPS) is 7.68. The number of aliphatic carboxylic acids is 2. The van der Waals surface area contributed by atoms with Crippen LogP contribution in [0, 0.1) is 0 Å². The number of carbonyl (C=O) groups is 3. The molecule has 0 bridgehead atoms. The molecule has 6 nitrogen and oxygen atoms in total. The van der Waals surface area contributed by atoms with Crippen LogP contribution in [0.3, 0.4) is 0 Å². The van der Waals surface area contributed by atoms with Crippen molar-refractivity contribution >= 4 is 52.7 Å². The molecule has 0 spiro atoms. The Balaban J connectivity index is -0.000000130. The number of ether oxygens (including phenoxy) is 1. The zero-order chi connectivity index (χ0) is 20.8. The van der Waals surface area contributed by atoms with Crippen molar-refractivity contribution in [3.63, 3.8) is 0 Å². The summed E-state index contributed by atoms with van der Waals surface area (Å²) >= 11 is 14.5. The summed E-state index contributed by atoms with van der Waals surface area (Å²) in [5.74, 6) is -2.77. The van der Waals surface area contributed by atoms with E-state index >= 15 is 0 Å². The Hall–Kier alpha value is -1.76. The van der Waals surface area contributed by atoms with E-state index in [1.54, 1.807) is 0 Å². The minimum absolute atomic E-state index is 0.111. The zero-order valence-corrected chi connectivity index (χ0v) is 16.2. The van der Waals surface area contributed by atoms with Gasteiger partial charge in [-0.05, 0) is 12.0 Å². The fourth-order valence-corrected chi connectivity index (χ4v) is 0.634. The number of hydrogen-bond acceptors (Lipinski definition) is 4.